The molecular formula is C23H24F2N6O2. The van der Waals surface area contributed by atoms with Gasteiger partial charge in [0.1, 0.15) is 17.7 Å². The van der Waals surface area contributed by atoms with Gasteiger partial charge in [-0.25, -0.2) is 13.5 Å². The van der Waals surface area contributed by atoms with Gasteiger partial charge in [0.25, 0.3) is 5.91 Å². The molecule has 10 heteroatoms. The van der Waals surface area contributed by atoms with E-state index in [1.54, 1.807) is 25.5 Å². The van der Waals surface area contributed by atoms with Gasteiger partial charge in [0, 0.05) is 30.6 Å². The standard InChI is InChI=1S/C23H24F2N6O2/c1-13-6-18(24)17(23(32)28-15-2-3-15)8-22(13)31-11-21(29-30-31)14-7-16(10-26-9-14)27-20-4-5-33-12-19(20)25/h6-11,15,19-20,27H,2-5,12H2,1H3,(H,28,32)/t19-,20?/m1/s1. The molecule has 1 saturated carbocycles. The maximum Gasteiger partial charge on any atom is 0.254 e. The molecule has 1 aliphatic heterocycles. The molecule has 172 valence electrons. The first-order chi connectivity index (χ1) is 16.0. The number of nitrogens with one attached hydrogen (secondary N) is 2. The molecule has 33 heavy (non-hydrogen) atoms. The molecule has 1 aromatic carbocycles. The first kappa shape index (κ1) is 21.4. The molecular weight excluding hydrogens is 430 g/mol. The number of pyridine rings is 1. The Labute approximate surface area is 189 Å². The van der Waals surface area contributed by atoms with E-state index in [1.807, 2.05) is 6.07 Å². The predicted molar refractivity (Wildman–Crippen MR) is 118 cm³/mol. The van der Waals surface area contributed by atoms with Crippen molar-refractivity contribution in [3.8, 4) is 16.9 Å². The molecule has 0 spiro atoms. The van der Waals surface area contributed by atoms with Crippen molar-refractivity contribution < 1.29 is 18.3 Å². The van der Waals surface area contributed by atoms with Crippen LogP contribution in [0.2, 0.25) is 0 Å². The highest BCUT2D eigenvalue weighted by molar-refractivity contribution is 5.95. The van der Waals surface area contributed by atoms with Gasteiger partial charge < -0.3 is 15.4 Å². The summed E-state index contributed by atoms with van der Waals surface area (Å²) in [6.45, 7) is 2.34. The van der Waals surface area contributed by atoms with E-state index in [0.717, 1.165) is 12.8 Å². The normalized spacial score (nSPS) is 20.5. The average molecular weight is 454 g/mol. The molecule has 2 aliphatic rings. The molecule has 1 saturated heterocycles. The molecule has 3 aromatic rings. The second-order valence-electron chi connectivity index (χ2n) is 8.51. The highest BCUT2D eigenvalue weighted by Crippen LogP contribution is 2.25. The van der Waals surface area contributed by atoms with Crippen molar-refractivity contribution >= 4 is 11.6 Å². The fourth-order valence-corrected chi connectivity index (χ4v) is 3.83. The lowest BCUT2D eigenvalue weighted by molar-refractivity contribution is 0.0286. The Balaban J connectivity index is 1.39. The van der Waals surface area contributed by atoms with Crippen LogP contribution in [0.15, 0.2) is 36.8 Å². The number of rotatable bonds is 6. The number of nitrogens with zero attached hydrogens (tertiary/aromatic N) is 4. The van der Waals surface area contributed by atoms with Crippen LogP contribution in [0.4, 0.5) is 14.5 Å². The number of aromatic nitrogens is 4. The zero-order valence-corrected chi connectivity index (χ0v) is 18.1. The van der Waals surface area contributed by atoms with Crippen molar-refractivity contribution in [1.29, 1.82) is 0 Å². The van der Waals surface area contributed by atoms with Gasteiger partial charge in [-0.15, -0.1) is 5.10 Å². The van der Waals surface area contributed by atoms with Crippen LogP contribution in [-0.2, 0) is 4.74 Å². The summed E-state index contributed by atoms with van der Waals surface area (Å²) in [6, 6.07) is 4.43. The van der Waals surface area contributed by atoms with Crippen LogP contribution in [0.5, 0.6) is 0 Å². The minimum atomic E-state index is -1.09. The van der Waals surface area contributed by atoms with Crippen LogP contribution >= 0.6 is 0 Å². The highest BCUT2D eigenvalue weighted by Gasteiger charge is 2.26. The highest BCUT2D eigenvalue weighted by atomic mass is 19.1. The van der Waals surface area contributed by atoms with E-state index in [0.29, 0.717) is 41.2 Å². The number of ether oxygens (including phenoxy) is 1. The predicted octanol–water partition coefficient (Wildman–Crippen LogP) is 3.21. The lowest BCUT2D eigenvalue weighted by atomic mass is 10.1. The number of amides is 1. The Morgan fingerprint density at radius 3 is 2.85 bits per heavy atom. The zero-order chi connectivity index (χ0) is 22.9. The van der Waals surface area contributed by atoms with Gasteiger partial charge in [-0.1, -0.05) is 5.21 Å². The SMILES string of the molecule is Cc1cc(F)c(C(=O)NC2CC2)cc1-n1cc(-c2cncc(NC3CCOC[C@H]3F)c2)nn1. The number of alkyl halides is 1. The quantitative estimate of drug-likeness (QED) is 0.594. The van der Waals surface area contributed by atoms with Gasteiger partial charge in [-0.05, 0) is 49.9 Å². The molecule has 3 heterocycles. The molecule has 1 unspecified atom stereocenters. The van der Waals surface area contributed by atoms with E-state index >= 15 is 0 Å². The van der Waals surface area contributed by atoms with Gasteiger partial charge in [-0.2, -0.15) is 0 Å². The molecule has 2 fully saturated rings. The number of hydrogen-bond acceptors (Lipinski definition) is 6. The van der Waals surface area contributed by atoms with Gasteiger partial charge >= 0.3 is 0 Å². The molecule has 0 bridgehead atoms. The van der Waals surface area contributed by atoms with Crippen LogP contribution in [0.1, 0.15) is 35.2 Å². The van der Waals surface area contributed by atoms with Crippen LogP contribution in [0, 0.1) is 12.7 Å². The second kappa shape index (κ2) is 8.86. The Bertz CT molecular complexity index is 1180. The van der Waals surface area contributed by atoms with Crippen molar-refractivity contribution in [2.24, 2.45) is 0 Å². The number of benzene rings is 1. The van der Waals surface area contributed by atoms with Crippen molar-refractivity contribution in [2.75, 3.05) is 18.5 Å². The largest absolute Gasteiger partial charge is 0.378 e. The molecule has 0 radical (unpaired) electrons. The van der Waals surface area contributed by atoms with Gasteiger partial charge in [0.05, 0.1) is 35.8 Å². The van der Waals surface area contributed by atoms with Crippen LogP contribution in [0.25, 0.3) is 16.9 Å². The van der Waals surface area contributed by atoms with E-state index in [9.17, 15) is 13.6 Å². The first-order valence-corrected chi connectivity index (χ1v) is 11.0. The number of carbonyl (C=O) groups excluding carboxylic acids is 1. The zero-order valence-electron chi connectivity index (χ0n) is 18.1. The first-order valence-electron chi connectivity index (χ1n) is 11.0. The maximum absolute atomic E-state index is 14.4. The molecule has 2 N–H and O–H groups in total. The van der Waals surface area contributed by atoms with E-state index in [1.165, 1.54) is 16.8 Å². The number of carbonyl (C=O) groups is 1. The van der Waals surface area contributed by atoms with Gasteiger partial charge in [0.2, 0.25) is 0 Å². The lowest BCUT2D eigenvalue weighted by Gasteiger charge is -2.27. The van der Waals surface area contributed by atoms with Gasteiger partial charge in [0.15, 0.2) is 0 Å². The Kier molecular flexibility index (Phi) is 5.76. The van der Waals surface area contributed by atoms with Crippen molar-refractivity contribution in [3.05, 3.63) is 53.7 Å². The number of hydrogen-bond donors (Lipinski definition) is 2. The third-order valence-electron chi connectivity index (χ3n) is 5.86. The average Bonchev–Trinajstić information content (AvgIpc) is 3.47. The minimum absolute atomic E-state index is 0.0235. The molecule has 1 amide bonds. The third kappa shape index (κ3) is 4.70. The summed E-state index contributed by atoms with van der Waals surface area (Å²) in [6.07, 6.45) is 6.28. The van der Waals surface area contributed by atoms with E-state index in [-0.39, 0.29) is 24.3 Å². The third-order valence-corrected chi connectivity index (χ3v) is 5.86. The van der Waals surface area contributed by atoms with Crippen molar-refractivity contribution in [3.63, 3.8) is 0 Å². The summed E-state index contributed by atoms with van der Waals surface area (Å²) in [5.41, 5.74) is 3.07. The summed E-state index contributed by atoms with van der Waals surface area (Å²) in [5.74, 6) is -1.00. The minimum Gasteiger partial charge on any atom is -0.378 e. The Morgan fingerprint density at radius 1 is 1.21 bits per heavy atom. The van der Waals surface area contributed by atoms with Crippen molar-refractivity contribution in [1.82, 2.24) is 25.3 Å². The fourth-order valence-electron chi connectivity index (χ4n) is 3.83. The molecule has 2 aromatic heterocycles. The number of anilines is 1. The van der Waals surface area contributed by atoms with Crippen LogP contribution in [0.3, 0.4) is 0 Å². The summed E-state index contributed by atoms with van der Waals surface area (Å²) >= 11 is 0. The van der Waals surface area contributed by atoms with E-state index < -0.39 is 17.9 Å². The monoisotopic (exact) mass is 454 g/mol. The topological polar surface area (TPSA) is 94.0 Å². The maximum atomic E-state index is 14.4. The molecule has 8 nitrogen and oxygen atoms in total. The van der Waals surface area contributed by atoms with Gasteiger partial charge in [-0.3, -0.25) is 9.78 Å². The molecule has 2 atom stereocenters. The van der Waals surface area contributed by atoms with E-state index in [2.05, 4.69) is 25.9 Å². The number of aryl methyl sites for hydroxylation is 1. The second-order valence-corrected chi connectivity index (χ2v) is 8.51. The lowest BCUT2D eigenvalue weighted by Crippen LogP contribution is -2.39. The van der Waals surface area contributed by atoms with E-state index in [4.69, 9.17) is 4.74 Å². The summed E-state index contributed by atoms with van der Waals surface area (Å²) in [7, 11) is 0. The van der Waals surface area contributed by atoms with Crippen molar-refractivity contribution in [2.45, 2.75) is 44.4 Å². The summed E-state index contributed by atoms with van der Waals surface area (Å²) in [5, 5.41) is 14.4. The number of halogens is 2. The van der Waals surface area contributed by atoms with Crippen LogP contribution < -0.4 is 10.6 Å². The summed E-state index contributed by atoms with van der Waals surface area (Å²) < 4.78 is 35.2. The van der Waals surface area contributed by atoms with Crippen LogP contribution in [-0.4, -0.2) is 57.4 Å². The Hall–Kier alpha value is -3.40. The smallest absolute Gasteiger partial charge is 0.254 e. The molecule has 1 aliphatic carbocycles. The summed E-state index contributed by atoms with van der Waals surface area (Å²) in [4.78, 5) is 16.7. The fraction of sp³-hybridized carbons (Fsp3) is 0.391. The Morgan fingerprint density at radius 2 is 2.06 bits per heavy atom. The molecule has 5 rings (SSSR count).